The zero-order chi connectivity index (χ0) is 7.86. The van der Waals surface area contributed by atoms with E-state index in [1.165, 1.54) is 0 Å². The molecule has 0 bridgehead atoms. The van der Waals surface area contributed by atoms with Gasteiger partial charge in [-0.3, -0.25) is 4.79 Å². The van der Waals surface area contributed by atoms with Crippen molar-refractivity contribution in [2.24, 2.45) is 11.7 Å². The highest BCUT2D eigenvalue weighted by Gasteiger charge is 2.01. The zero-order valence-corrected chi connectivity index (χ0v) is 6.77. The van der Waals surface area contributed by atoms with Crippen molar-refractivity contribution in [3.63, 3.8) is 0 Å². The summed E-state index contributed by atoms with van der Waals surface area (Å²) in [7, 11) is 0. The Morgan fingerprint density at radius 3 is 1.78 bits per heavy atom. The van der Waals surface area contributed by atoms with Crippen LogP contribution < -0.4 is 5.73 Å². The maximum absolute atomic E-state index is 10.4. The molecule has 0 atom stereocenters. The smallest absolute Gasteiger partial charge is 0.148 e. The lowest BCUT2D eigenvalue weighted by molar-refractivity contribution is -0.120. The molecule has 0 aliphatic heterocycles. The quantitative estimate of drug-likeness (QED) is 0.612. The first-order chi connectivity index (χ1) is 4.18. The van der Waals surface area contributed by atoms with Crippen LogP contribution in [0.2, 0.25) is 0 Å². The van der Waals surface area contributed by atoms with E-state index < -0.39 is 0 Å². The van der Waals surface area contributed by atoms with Crippen LogP contribution in [0.25, 0.3) is 0 Å². The van der Waals surface area contributed by atoms with Crippen molar-refractivity contribution in [2.45, 2.75) is 27.7 Å². The maximum atomic E-state index is 10.4. The molecule has 2 N–H and O–H groups in total. The van der Waals surface area contributed by atoms with Gasteiger partial charge in [0.15, 0.2) is 0 Å². The van der Waals surface area contributed by atoms with E-state index in [9.17, 15) is 4.79 Å². The first-order valence-electron chi connectivity index (χ1n) is 3.41. The van der Waals surface area contributed by atoms with E-state index in [2.05, 4.69) is 0 Å². The minimum Gasteiger partial charge on any atom is -0.324 e. The van der Waals surface area contributed by atoms with Crippen molar-refractivity contribution < 1.29 is 4.79 Å². The number of ketones is 1. The fourth-order valence-electron chi connectivity index (χ4n) is 0.236. The number of carbonyl (C=O) groups excluding carboxylic acids is 1. The second kappa shape index (κ2) is 7.63. The third-order valence-corrected chi connectivity index (χ3v) is 0.845. The monoisotopic (exact) mass is 131 g/mol. The second-order valence-electron chi connectivity index (χ2n) is 1.83. The molecule has 0 aliphatic carbocycles. The Kier molecular flexibility index (Phi) is 9.69. The number of Topliss-reactive ketones (excluding diaryl/α,β-unsaturated/α-hetero) is 1. The first kappa shape index (κ1) is 11.4. The van der Waals surface area contributed by atoms with E-state index >= 15 is 0 Å². The fraction of sp³-hybridized carbons (Fsp3) is 0.857. The lowest BCUT2D eigenvalue weighted by atomic mass is 10.1. The summed E-state index contributed by atoms with van der Waals surface area (Å²) < 4.78 is 0. The largest absolute Gasteiger partial charge is 0.324 e. The van der Waals surface area contributed by atoms with E-state index in [0.717, 1.165) is 0 Å². The summed E-state index contributed by atoms with van der Waals surface area (Å²) in [5.41, 5.74) is 5.02. The molecule has 2 nitrogen and oxygen atoms in total. The van der Waals surface area contributed by atoms with Gasteiger partial charge < -0.3 is 5.73 Å². The van der Waals surface area contributed by atoms with Gasteiger partial charge in [-0.1, -0.05) is 27.7 Å². The highest BCUT2D eigenvalue weighted by molar-refractivity contribution is 5.81. The van der Waals surface area contributed by atoms with Crippen LogP contribution in [0.3, 0.4) is 0 Å². The molecule has 0 aromatic carbocycles. The molecular weight excluding hydrogens is 114 g/mol. The topological polar surface area (TPSA) is 43.1 Å². The highest BCUT2D eigenvalue weighted by atomic mass is 16.1. The summed E-state index contributed by atoms with van der Waals surface area (Å²) in [6, 6.07) is 0. The molecule has 0 aromatic heterocycles. The van der Waals surface area contributed by atoms with Gasteiger partial charge in [-0.15, -0.1) is 0 Å². The van der Waals surface area contributed by atoms with Crippen LogP contribution in [0, 0.1) is 5.92 Å². The Bertz CT molecular complexity index is 69.3. The fourth-order valence-corrected chi connectivity index (χ4v) is 0.236. The normalized spacial score (nSPS) is 8.22. The molecule has 56 valence electrons. The van der Waals surface area contributed by atoms with Crippen LogP contribution in [0.4, 0.5) is 0 Å². The molecule has 0 aliphatic rings. The van der Waals surface area contributed by atoms with Crippen LogP contribution in [0.15, 0.2) is 0 Å². The Hall–Kier alpha value is -0.370. The van der Waals surface area contributed by atoms with Crippen LogP contribution >= 0.6 is 0 Å². The van der Waals surface area contributed by atoms with E-state index in [4.69, 9.17) is 5.73 Å². The number of hydrogen-bond acceptors (Lipinski definition) is 2. The van der Waals surface area contributed by atoms with Gasteiger partial charge in [-0.2, -0.15) is 0 Å². The van der Waals surface area contributed by atoms with Crippen molar-refractivity contribution in [3.8, 4) is 0 Å². The molecule has 0 heterocycles. The van der Waals surface area contributed by atoms with E-state index in [0.29, 0.717) is 0 Å². The Morgan fingerprint density at radius 1 is 1.44 bits per heavy atom. The number of hydrogen-bond donors (Lipinski definition) is 1. The molecule has 9 heavy (non-hydrogen) atoms. The van der Waals surface area contributed by atoms with Gasteiger partial charge in [-0.05, 0) is 0 Å². The van der Waals surface area contributed by atoms with Crippen LogP contribution in [0.5, 0.6) is 0 Å². The summed E-state index contributed by atoms with van der Waals surface area (Å²) in [6.45, 7) is 7.86. The van der Waals surface area contributed by atoms with Gasteiger partial charge in [0.05, 0.1) is 6.54 Å². The molecular formula is C7H17NO. The molecule has 0 rings (SSSR count). The Balaban J connectivity index is 0. The van der Waals surface area contributed by atoms with Crippen LogP contribution in [-0.2, 0) is 4.79 Å². The number of carbonyl (C=O) groups is 1. The molecule has 0 saturated heterocycles. The van der Waals surface area contributed by atoms with Crippen LogP contribution in [-0.4, -0.2) is 12.3 Å². The number of nitrogens with two attached hydrogens (primary N) is 1. The zero-order valence-electron chi connectivity index (χ0n) is 6.77. The van der Waals surface area contributed by atoms with Crippen molar-refractivity contribution in [3.05, 3.63) is 0 Å². The highest BCUT2D eigenvalue weighted by Crippen LogP contribution is 1.89. The molecule has 0 aromatic rings. The van der Waals surface area contributed by atoms with Crippen molar-refractivity contribution in [2.75, 3.05) is 6.54 Å². The van der Waals surface area contributed by atoms with E-state index in [-0.39, 0.29) is 18.2 Å². The van der Waals surface area contributed by atoms with E-state index in [1.54, 1.807) is 0 Å². The maximum Gasteiger partial charge on any atom is 0.148 e. The van der Waals surface area contributed by atoms with E-state index in [1.807, 2.05) is 27.7 Å². The third kappa shape index (κ3) is 7.63. The molecule has 0 saturated carbocycles. The lowest BCUT2D eigenvalue weighted by Gasteiger charge is -1.96. The van der Waals surface area contributed by atoms with Crippen molar-refractivity contribution >= 4 is 5.78 Å². The van der Waals surface area contributed by atoms with Crippen molar-refractivity contribution in [1.82, 2.24) is 0 Å². The Labute approximate surface area is 57.4 Å². The molecule has 0 amide bonds. The summed E-state index contributed by atoms with van der Waals surface area (Å²) in [5, 5.41) is 0. The summed E-state index contributed by atoms with van der Waals surface area (Å²) >= 11 is 0. The minimum absolute atomic E-state index is 0.102. The average molecular weight is 131 g/mol. The molecule has 0 unspecified atom stereocenters. The van der Waals surface area contributed by atoms with Gasteiger partial charge in [0.25, 0.3) is 0 Å². The average Bonchev–Trinajstić information content (AvgIpc) is 1.91. The third-order valence-electron chi connectivity index (χ3n) is 0.845. The summed E-state index contributed by atoms with van der Waals surface area (Å²) in [5.74, 6) is 0.227. The first-order valence-corrected chi connectivity index (χ1v) is 3.41. The molecule has 0 radical (unpaired) electrons. The molecule has 0 fully saturated rings. The standard InChI is InChI=1S/C5H11NO.C2H6/c1-4(2)5(7)3-6;1-2/h4H,3,6H2,1-2H3;1-2H3. The van der Waals surface area contributed by atoms with Crippen LogP contribution in [0.1, 0.15) is 27.7 Å². The Morgan fingerprint density at radius 2 is 1.78 bits per heavy atom. The summed E-state index contributed by atoms with van der Waals surface area (Å²) in [4.78, 5) is 10.4. The van der Waals surface area contributed by atoms with Gasteiger partial charge in [-0.25, -0.2) is 0 Å². The molecule has 2 heteroatoms. The molecule has 0 spiro atoms. The van der Waals surface area contributed by atoms with Gasteiger partial charge in [0, 0.05) is 5.92 Å². The van der Waals surface area contributed by atoms with Crippen molar-refractivity contribution in [1.29, 1.82) is 0 Å². The van der Waals surface area contributed by atoms with Gasteiger partial charge >= 0.3 is 0 Å². The predicted molar refractivity (Wildman–Crippen MR) is 40.2 cm³/mol. The van der Waals surface area contributed by atoms with Gasteiger partial charge in [0.2, 0.25) is 0 Å². The predicted octanol–water partition coefficient (Wildman–Crippen LogP) is 1.20. The SMILES string of the molecule is CC.CC(C)C(=O)CN. The number of rotatable bonds is 2. The minimum atomic E-state index is 0.102. The lowest BCUT2D eigenvalue weighted by Crippen LogP contribution is -2.18. The summed E-state index contributed by atoms with van der Waals surface area (Å²) in [6.07, 6.45) is 0. The second-order valence-corrected chi connectivity index (χ2v) is 1.83. The van der Waals surface area contributed by atoms with Gasteiger partial charge in [0.1, 0.15) is 5.78 Å².